The van der Waals surface area contributed by atoms with Crippen molar-refractivity contribution >= 4 is 27.7 Å². The molecule has 3 aliphatic heterocycles. The maximum atomic E-state index is 13.4. The molecule has 1 aromatic heterocycles. The summed E-state index contributed by atoms with van der Waals surface area (Å²) in [7, 11) is -3.74. The van der Waals surface area contributed by atoms with E-state index in [9.17, 15) is 18.0 Å². The molecule has 1 aromatic carbocycles. The molecule has 4 heterocycles. The molecule has 0 radical (unpaired) electrons. The number of benzene rings is 1. The minimum Gasteiger partial charge on any atom is -0.352 e. The number of aromatic nitrogens is 1. The number of hydrogen-bond donors (Lipinski definition) is 1. The second kappa shape index (κ2) is 9.17. The number of carbonyl (C=O) groups is 2. The van der Waals surface area contributed by atoms with Crippen LogP contribution in [0.3, 0.4) is 0 Å². The predicted octanol–water partition coefficient (Wildman–Crippen LogP) is 1.55. The number of likely N-dealkylation sites (tertiary alicyclic amines) is 2. The van der Waals surface area contributed by atoms with Gasteiger partial charge in [-0.1, -0.05) is 18.2 Å². The van der Waals surface area contributed by atoms with E-state index < -0.39 is 16.1 Å². The fraction of sp³-hybridized carbons (Fsp3) is 0.417. The Kier molecular flexibility index (Phi) is 6.07. The molecule has 34 heavy (non-hydrogen) atoms. The van der Waals surface area contributed by atoms with Crippen LogP contribution in [0, 0.1) is 5.92 Å². The Balaban J connectivity index is 1.21. The van der Waals surface area contributed by atoms with E-state index in [-0.39, 0.29) is 22.6 Å². The highest BCUT2D eigenvalue weighted by Crippen LogP contribution is 2.32. The molecule has 2 saturated heterocycles. The zero-order valence-electron chi connectivity index (χ0n) is 18.8. The van der Waals surface area contributed by atoms with Crippen molar-refractivity contribution < 1.29 is 18.0 Å². The number of nitrogens with one attached hydrogen (secondary N) is 1. The van der Waals surface area contributed by atoms with E-state index in [1.54, 1.807) is 36.7 Å². The van der Waals surface area contributed by atoms with Gasteiger partial charge in [-0.3, -0.25) is 14.6 Å². The van der Waals surface area contributed by atoms with Gasteiger partial charge < -0.3 is 15.1 Å². The summed E-state index contributed by atoms with van der Waals surface area (Å²) in [6.45, 7) is 2.05. The summed E-state index contributed by atoms with van der Waals surface area (Å²) in [5, 5.41) is 2.97. The molecule has 0 aliphatic carbocycles. The number of hydrogen-bond acceptors (Lipinski definition) is 6. The average Bonchev–Trinajstić information content (AvgIpc) is 3.45. The standard InChI is InChI=1S/C24H27N5O4S/c30-23(26-16-17-5-3-11-25-15-17)18-9-13-28(14-10-18)24(31)20-7-4-12-29(20)22-19-6-1-2-8-21(19)34(32,33)27-22/h1-3,5-6,8,11,15,18,20H,4,7,9-10,12-14,16H2,(H,26,30)/t20-/m0/s1. The number of rotatable bonds is 4. The van der Waals surface area contributed by atoms with Crippen LogP contribution in [-0.4, -0.2) is 66.5 Å². The van der Waals surface area contributed by atoms with Crippen LogP contribution in [0.2, 0.25) is 0 Å². The Morgan fingerprint density at radius 3 is 2.59 bits per heavy atom. The van der Waals surface area contributed by atoms with E-state index in [2.05, 4.69) is 14.7 Å². The molecule has 0 saturated carbocycles. The molecule has 2 fully saturated rings. The summed E-state index contributed by atoms with van der Waals surface area (Å²) in [6, 6.07) is 10.1. The summed E-state index contributed by atoms with van der Waals surface area (Å²) in [4.78, 5) is 33.9. The number of amides is 2. The van der Waals surface area contributed by atoms with Crippen molar-refractivity contribution in [2.45, 2.75) is 43.2 Å². The smallest absolute Gasteiger partial charge is 0.285 e. The molecule has 3 aliphatic rings. The second-order valence-electron chi connectivity index (χ2n) is 8.92. The number of sulfonamides is 1. The molecule has 1 N–H and O–H groups in total. The third-order valence-electron chi connectivity index (χ3n) is 6.79. The SMILES string of the molecule is O=C(NCc1cccnc1)C1CCN(C(=O)[C@@H]2CCCN2C2=NS(=O)(=O)c3ccccc32)CC1. The molecule has 2 amide bonds. The fourth-order valence-corrected chi connectivity index (χ4v) is 6.20. The fourth-order valence-electron chi connectivity index (χ4n) is 4.98. The Bertz CT molecular complexity index is 1220. The van der Waals surface area contributed by atoms with E-state index in [1.165, 1.54) is 0 Å². The van der Waals surface area contributed by atoms with Gasteiger partial charge in [0.15, 0.2) is 5.84 Å². The van der Waals surface area contributed by atoms with Crippen LogP contribution in [0.4, 0.5) is 0 Å². The highest BCUT2D eigenvalue weighted by atomic mass is 32.2. The van der Waals surface area contributed by atoms with Gasteiger partial charge in [0.2, 0.25) is 11.8 Å². The lowest BCUT2D eigenvalue weighted by molar-refractivity contribution is -0.138. The van der Waals surface area contributed by atoms with Crippen LogP contribution in [0.5, 0.6) is 0 Å². The number of fused-ring (bicyclic) bond motifs is 1. The Morgan fingerprint density at radius 1 is 1.03 bits per heavy atom. The topological polar surface area (TPSA) is 112 Å². The van der Waals surface area contributed by atoms with Gasteiger partial charge in [-0.05, 0) is 49.4 Å². The molecule has 2 aromatic rings. The first-order chi connectivity index (χ1) is 16.4. The van der Waals surface area contributed by atoms with Crippen LogP contribution in [0.25, 0.3) is 0 Å². The highest BCUT2D eigenvalue weighted by Gasteiger charge is 2.41. The van der Waals surface area contributed by atoms with Crippen molar-refractivity contribution in [3.63, 3.8) is 0 Å². The second-order valence-corrected chi connectivity index (χ2v) is 10.5. The normalized spacial score (nSPS) is 21.8. The van der Waals surface area contributed by atoms with E-state index in [1.807, 2.05) is 21.9 Å². The Labute approximate surface area is 198 Å². The molecule has 178 valence electrons. The lowest BCUT2D eigenvalue weighted by atomic mass is 9.95. The van der Waals surface area contributed by atoms with Crippen molar-refractivity contribution in [3.05, 3.63) is 59.9 Å². The van der Waals surface area contributed by atoms with Crippen LogP contribution < -0.4 is 5.32 Å². The first kappa shape index (κ1) is 22.5. The van der Waals surface area contributed by atoms with Gasteiger partial charge in [0, 0.05) is 50.1 Å². The van der Waals surface area contributed by atoms with Crippen molar-refractivity contribution in [1.82, 2.24) is 20.1 Å². The van der Waals surface area contributed by atoms with Gasteiger partial charge in [-0.15, -0.1) is 4.40 Å². The largest absolute Gasteiger partial charge is 0.352 e. The van der Waals surface area contributed by atoms with Gasteiger partial charge in [-0.2, -0.15) is 8.42 Å². The zero-order valence-corrected chi connectivity index (χ0v) is 19.6. The van der Waals surface area contributed by atoms with Gasteiger partial charge >= 0.3 is 0 Å². The molecule has 0 bridgehead atoms. The van der Waals surface area contributed by atoms with Gasteiger partial charge in [0.25, 0.3) is 10.0 Å². The number of nitrogens with zero attached hydrogens (tertiary/aromatic N) is 4. The molecular formula is C24H27N5O4S. The lowest BCUT2D eigenvalue weighted by Crippen LogP contribution is -2.51. The van der Waals surface area contributed by atoms with Crippen LogP contribution in [-0.2, 0) is 26.2 Å². The quantitative estimate of drug-likeness (QED) is 0.709. The molecule has 0 unspecified atom stereocenters. The molecule has 0 spiro atoms. The monoisotopic (exact) mass is 481 g/mol. The number of amidine groups is 1. The molecule has 1 atom stereocenters. The maximum absolute atomic E-state index is 13.4. The Hall–Kier alpha value is -3.27. The number of piperidine rings is 1. The third kappa shape index (κ3) is 4.29. The van der Waals surface area contributed by atoms with Crippen LogP contribution >= 0.6 is 0 Å². The van der Waals surface area contributed by atoms with E-state index >= 15 is 0 Å². The van der Waals surface area contributed by atoms with Gasteiger partial charge in [-0.25, -0.2) is 0 Å². The molecule has 9 nitrogen and oxygen atoms in total. The Morgan fingerprint density at radius 2 is 1.82 bits per heavy atom. The molecule has 10 heteroatoms. The summed E-state index contributed by atoms with van der Waals surface area (Å²) in [6.07, 6.45) is 6.09. The zero-order chi connectivity index (χ0) is 23.7. The van der Waals surface area contributed by atoms with Crippen molar-refractivity contribution in [2.75, 3.05) is 19.6 Å². The average molecular weight is 482 g/mol. The van der Waals surface area contributed by atoms with Crippen LogP contribution in [0.15, 0.2) is 58.1 Å². The predicted molar refractivity (Wildman–Crippen MR) is 125 cm³/mol. The van der Waals surface area contributed by atoms with Gasteiger partial charge in [0.05, 0.1) is 0 Å². The number of pyridine rings is 1. The van der Waals surface area contributed by atoms with Gasteiger partial charge in [0.1, 0.15) is 10.9 Å². The van der Waals surface area contributed by atoms with Crippen LogP contribution in [0.1, 0.15) is 36.8 Å². The minimum atomic E-state index is -3.74. The molecule has 5 rings (SSSR count). The third-order valence-corrected chi connectivity index (χ3v) is 8.11. The van der Waals surface area contributed by atoms with E-state index in [4.69, 9.17) is 0 Å². The van der Waals surface area contributed by atoms with Crippen molar-refractivity contribution in [1.29, 1.82) is 0 Å². The summed E-state index contributed by atoms with van der Waals surface area (Å²) in [5.41, 5.74) is 1.51. The van der Waals surface area contributed by atoms with Crippen molar-refractivity contribution in [2.24, 2.45) is 10.3 Å². The van der Waals surface area contributed by atoms with E-state index in [0.29, 0.717) is 56.8 Å². The minimum absolute atomic E-state index is 0.000528. The summed E-state index contributed by atoms with van der Waals surface area (Å²) >= 11 is 0. The number of carbonyl (C=O) groups excluding carboxylic acids is 2. The lowest BCUT2D eigenvalue weighted by Gasteiger charge is -2.35. The first-order valence-electron chi connectivity index (χ1n) is 11.6. The molecular weight excluding hydrogens is 454 g/mol. The summed E-state index contributed by atoms with van der Waals surface area (Å²) in [5.74, 6) is 0.226. The highest BCUT2D eigenvalue weighted by molar-refractivity contribution is 7.90. The maximum Gasteiger partial charge on any atom is 0.285 e. The summed E-state index contributed by atoms with van der Waals surface area (Å²) < 4.78 is 29.0. The van der Waals surface area contributed by atoms with Crippen molar-refractivity contribution in [3.8, 4) is 0 Å². The van der Waals surface area contributed by atoms with E-state index in [0.717, 1.165) is 12.0 Å². The first-order valence-corrected chi connectivity index (χ1v) is 13.0.